The number of allylic oxidation sites excluding steroid dienone is 2. The molecule has 3 heteroatoms. The van der Waals surface area contributed by atoms with Crippen molar-refractivity contribution in [1.29, 1.82) is 0 Å². The van der Waals surface area contributed by atoms with Gasteiger partial charge < -0.3 is 14.6 Å². The third-order valence-corrected chi connectivity index (χ3v) is 5.73. The van der Waals surface area contributed by atoms with Gasteiger partial charge in [0.15, 0.2) is 0 Å². The molecule has 0 amide bonds. The minimum atomic E-state index is -0.404. The van der Waals surface area contributed by atoms with Gasteiger partial charge in [0.25, 0.3) is 0 Å². The molecule has 0 spiro atoms. The van der Waals surface area contributed by atoms with Gasteiger partial charge in [-0.25, -0.2) is 0 Å². The zero-order chi connectivity index (χ0) is 16.6. The number of aliphatic hydroxyl groups excluding tert-OH is 1. The summed E-state index contributed by atoms with van der Waals surface area (Å²) >= 11 is 0. The molecule has 1 saturated heterocycles. The van der Waals surface area contributed by atoms with Crippen LogP contribution in [-0.4, -0.2) is 35.6 Å². The van der Waals surface area contributed by atoms with Crippen LogP contribution in [0.5, 0.6) is 0 Å². The minimum absolute atomic E-state index is 0.155. The number of hydrogen-bond donors (Lipinski definition) is 1. The first kappa shape index (κ1) is 16.9. The number of epoxide rings is 1. The van der Waals surface area contributed by atoms with Crippen LogP contribution in [0.3, 0.4) is 0 Å². The molecule has 1 fully saturated rings. The Morgan fingerprint density at radius 2 is 1.91 bits per heavy atom. The van der Waals surface area contributed by atoms with E-state index in [0.29, 0.717) is 6.42 Å². The lowest BCUT2D eigenvalue weighted by atomic mass is 9.91. The van der Waals surface area contributed by atoms with E-state index in [1.54, 1.807) is 0 Å². The second-order valence-corrected chi connectivity index (χ2v) is 7.68. The Morgan fingerprint density at radius 1 is 1.13 bits per heavy atom. The molecule has 0 saturated carbocycles. The van der Waals surface area contributed by atoms with Crippen LogP contribution < -0.4 is 0 Å². The van der Waals surface area contributed by atoms with Gasteiger partial charge in [0, 0.05) is 0 Å². The number of ether oxygens (including phenoxy) is 2. The Labute approximate surface area is 140 Å². The minimum Gasteiger partial charge on any atom is -0.390 e. The summed E-state index contributed by atoms with van der Waals surface area (Å²) in [6.07, 6.45) is 9.15. The fraction of sp³-hybridized carbons (Fsp3) is 0.700. The average Bonchev–Trinajstić information content (AvgIpc) is 3.07. The van der Waals surface area contributed by atoms with Crippen molar-refractivity contribution in [2.75, 3.05) is 6.61 Å². The first-order chi connectivity index (χ1) is 10.9. The quantitative estimate of drug-likeness (QED) is 0.540. The summed E-state index contributed by atoms with van der Waals surface area (Å²) in [5, 5.41) is 10.5. The zero-order valence-corrected chi connectivity index (χ0v) is 14.9. The topological polar surface area (TPSA) is 42.0 Å². The van der Waals surface area contributed by atoms with Gasteiger partial charge in [-0.05, 0) is 70.9 Å². The molecule has 0 unspecified atom stereocenters. The van der Waals surface area contributed by atoms with Gasteiger partial charge >= 0.3 is 0 Å². The third-order valence-electron chi connectivity index (χ3n) is 5.73. The molecule has 3 rings (SSSR count). The molecule has 3 nitrogen and oxygen atoms in total. The predicted octanol–water partition coefficient (Wildman–Crippen LogP) is 4.08. The Balaban J connectivity index is 1.79. The Hall–Kier alpha value is -0.900. The number of fused-ring (bicyclic) bond motifs is 2. The van der Waals surface area contributed by atoms with Crippen LogP contribution in [0, 0.1) is 0 Å². The van der Waals surface area contributed by atoms with E-state index in [2.05, 4.69) is 32.9 Å². The van der Waals surface area contributed by atoms with Gasteiger partial charge in [-0.1, -0.05) is 23.3 Å². The normalized spacial score (nSPS) is 43.6. The van der Waals surface area contributed by atoms with Crippen molar-refractivity contribution in [2.24, 2.45) is 0 Å². The summed E-state index contributed by atoms with van der Waals surface area (Å²) in [5.41, 5.74) is 5.18. The molecule has 0 aromatic rings. The van der Waals surface area contributed by atoms with Crippen molar-refractivity contribution < 1.29 is 14.6 Å². The molecular weight excluding hydrogens is 288 g/mol. The molecule has 4 atom stereocenters. The summed E-state index contributed by atoms with van der Waals surface area (Å²) in [7, 11) is 0. The lowest BCUT2D eigenvalue weighted by Crippen LogP contribution is -2.28. The van der Waals surface area contributed by atoms with E-state index in [1.807, 2.05) is 6.92 Å². The van der Waals surface area contributed by atoms with Crippen LogP contribution in [0.15, 0.2) is 34.4 Å². The van der Waals surface area contributed by atoms with Crippen molar-refractivity contribution in [3.8, 4) is 0 Å². The summed E-state index contributed by atoms with van der Waals surface area (Å²) in [6.45, 7) is 9.33. The van der Waals surface area contributed by atoms with E-state index in [-0.39, 0.29) is 17.8 Å². The summed E-state index contributed by atoms with van der Waals surface area (Å²) in [4.78, 5) is 0. The molecule has 0 radical (unpaired) electrons. The van der Waals surface area contributed by atoms with Crippen molar-refractivity contribution >= 4 is 0 Å². The van der Waals surface area contributed by atoms with Gasteiger partial charge in [0.2, 0.25) is 0 Å². The molecule has 0 bridgehead atoms. The number of hydrogen-bond acceptors (Lipinski definition) is 3. The lowest BCUT2D eigenvalue weighted by molar-refractivity contribution is 0.0871. The van der Waals surface area contributed by atoms with E-state index < -0.39 is 6.10 Å². The Bertz CT molecular complexity index is 557. The maximum Gasteiger partial charge on any atom is 0.118 e. The van der Waals surface area contributed by atoms with Crippen LogP contribution in [0.4, 0.5) is 0 Å². The fourth-order valence-corrected chi connectivity index (χ4v) is 3.75. The molecule has 0 aromatic carbocycles. The molecule has 2 aliphatic heterocycles. The highest BCUT2D eigenvalue weighted by Crippen LogP contribution is 2.44. The second-order valence-electron chi connectivity index (χ2n) is 7.68. The maximum atomic E-state index is 10.5. The Morgan fingerprint density at radius 3 is 2.70 bits per heavy atom. The van der Waals surface area contributed by atoms with Gasteiger partial charge in [-0.3, -0.25) is 0 Å². The highest BCUT2D eigenvalue weighted by atomic mass is 16.6. The van der Waals surface area contributed by atoms with E-state index >= 15 is 0 Å². The van der Waals surface area contributed by atoms with E-state index in [0.717, 1.165) is 32.3 Å². The van der Waals surface area contributed by atoms with Crippen molar-refractivity contribution in [3.63, 3.8) is 0 Å². The van der Waals surface area contributed by atoms with Crippen LogP contribution in [0.1, 0.15) is 59.8 Å². The fourth-order valence-electron chi connectivity index (χ4n) is 3.75. The van der Waals surface area contributed by atoms with Gasteiger partial charge in [-0.2, -0.15) is 0 Å². The molecule has 0 aromatic heterocycles. The van der Waals surface area contributed by atoms with E-state index in [4.69, 9.17) is 9.47 Å². The maximum absolute atomic E-state index is 10.5. The first-order valence-corrected chi connectivity index (χ1v) is 8.89. The van der Waals surface area contributed by atoms with Crippen molar-refractivity contribution in [1.82, 2.24) is 0 Å². The van der Waals surface area contributed by atoms with Crippen LogP contribution >= 0.6 is 0 Å². The Kier molecular flexibility index (Phi) is 4.82. The van der Waals surface area contributed by atoms with E-state index in [9.17, 15) is 5.11 Å². The lowest BCUT2D eigenvalue weighted by Gasteiger charge is -2.16. The smallest absolute Gasteiger partial charge is 0.118 e. The summed E-state index contributed by atoms with van der Waals surface area (Å²) in [5.74, 6) is 0. The third kappa shape index (κ3) is 3.62. The van der Waals surface area contributed by atoms with Crippen LogP contribution in [0.2, 0.25) is 0 Å². The standard InChI is InChI=1S/C20H30O3/c1-13-5-8-16-15(3)12-22-17(16)11-14(2)7-10-19-20(4,23-19)18(21)9-6-13/h6,11,17-19,21H,5,7-10,12H2,1-4H3/b13-6-,14-11-/t17-,18+,19+,20+/m1/s1. The second kappa shape index (κ2) is 6.54. The van der Waals surface area contributed by atoms with Crippen molar-refractivity contribution in [3.05, 3.63) is 34.4 Å². The highest BCUT2D eigenvalue weighted by Gasteiger charge is 2.56. The van der Waals surface area contributed by atoms with Crippen LogP contribution in [0.25, 0.3) is 0 Å². The van der Waals surface area contributed by atoms with E-state index in [1.165, 1.54) is 22.3 Å². The van der Waals surface area contributed by atoms with Gasteiger partial charge in [0.1, 0.15) is 5.60 Å². The monoisotopic (exact) mass is 318 g/mol. The van der Waals surface area contributed by atoms with Gasteiger partial charge in [-0.15, -0.1) is 0 Å². The number of rotatable bonds is 0. The molecule has 128 valence electrons. The summed E-state index contributed by atoms with van der Waals surface area (Å²) < 4.78 is 11.8. The average molecular weight is 318 g/mol. The van der Waals surface area contributed by atoms with Crippen molar-refractivity contribution in [2.45, 2.75) is 83.7 Å². The molecule has 1 aliphatic carbocycles. The molecular formula is C20H30O3. The first-order valence-electron chi connectivity index (χ1n) is 8.89. The SMILES string of the molecule is CC1=C2CC/C(C)=C\C[C@H](O)[C@]3(C)O[C@H]3CC/C(C)=C\[C@H]2OC1. The number of aliphatic hydroxyl groups is 1. The molecule has 3 aliphatic rings. The zero-order valence-electron chi connectivity index (χ0n) is 14.9. The molecule has 23 heavy (non-hydrogen) atoms. The largest absolute Gasteiger partial charge is 0.390 e. The van der Waals surface area contributed by atoms with Gasteiger partial charge in [0.05, 0.1) is 24.9 Å². The van der Waals surface area contributed by atoms with Crippen LogP contribution in [-0.2, 0) is 9.47 Å². The summed E-state index contributed by atoms with van der Waals surface area (Å²) in [6, 6.07) is 0. The molecule has 2 heterocycles. The predicted molar refractivity (Wildman–Crippen MR) is 92.3 cm³/mol. The highest BCUT2D eigenvalue weighted by molar-refractivity contribution is 5.29. The molecule has 1 N–H and O–H groups in total.